The van der Waals surface area contributed by atoms with E-state index in [1.54, 1.807) is 0 Å². The van der Waals surface area contributed by atoms with Crippen molar-refractivity contribution in [3.63, 3.8) is 0 Å². The van der Waals surface area contributed by atoms with E-state index in [0.717, 1.165) is 32.5 Å². The van der Waals surface area contributed by atoms with Gasteiger partial charge in [0.25, 0.3) is 0 Å². The number of carbonyl (C=O) groups is 1. The molecule has 5 nitrogen and oxygen atoms in total. The van der Waals surface area contributed by atoms with Gasteiger partial charge >= 0.3 is 0 Å². The van der Waals surface area contributed by atoms with Gasteiger partial charge in [0.05, 0.1) is 12.6 Å². The Labute approximate surface area is 162 Å². The normalized spacial score (nSPS) is 22.5. The van der Waals surface area contributed by atoms with Crippen LogP contribution in [0.15, 0.2) is 24.3 Å². The molecule has 0 aromatic heterocycles. The first-order chi connectivity index (χ1) is 11.1. The average Bonchev–Trinajstić information content (AvgIpc) is 3.01. The average molecular weight is 390 g/mol. The summed E-state index contributed by atoms with van der Waals surface area (Å²) >= 11 is 0. The van der Waals surface area contributed by atoms with Crippen LogP contribution in [0, 0.1) is 0 Å². The number of ether oxygens (including phenoxy) is 1. The Balaban J connectivity index is 0.00000156. The molecular weight excluding hydrogens is 361 g/mol. The zero-order valence-corrected chi connectivity index (χ0v) is 16.6. The molecule has 1 fully saturated rings. The molecule has 1 saturated heterocycles. The van der Waals surface area contributed by atoms with Gasteiger partial charge in [-0.25, -0.2) is 0 Å². The summed E-state index contributed by atoms with van der Waals surface area (Å²) in [5.74, 6) is 0.167. The van der Waals surface area contributed by atoms with E-state index < -0.39 is 0 Å². The lowest BCUT2D eigenvalue weighted by atomic mass is 10.1. The monoisotopic (exact) mass is 389 g/mol. The molecule has 2 aliphatic rings. The number of anilines is 1. The maximum Gasteiger partial charge on any atom is 0.237 e. The predicted molar refractivity (Wildman–Crippen MR) is 106 cm³/mol. The third-order valence-electron chi connectivity index (χ3n) is 4.81. The molecule has 0 aliphatic carbocycles. The molecule has 2 heterocycles. The van der Waals surface area contributed by atoms with Crippen LogP contribution in [0.3, 0.4) is 0 Å². The smallest absolute Gasteiger partial charge is 0.237 e. The number of nitrogens with zero attached hydrogens (tertiary/aromatic N) is 2. The van der Waals surface area contributed by atoms with Crippen LogP contribution in [0.1, 0.15) is 25.3 Å². The third-order valence-corrected chi connectivity index (χ3v) is 4.81. The van der Waals surface area contributed by atoms with Gasteiger partial charge < -0.3 is 19.9 Å². The molecule has 2 atom stereocenters. The van der Waals surface area contributed by atoms with E-state index in [1.165, 1.54) is 11.3 Å². The van der Waals surface area contributed by atoms with E-state index in [2.05, 4.69) is 42.4 Å². The van der Waals surface area contributed by atoms with E-state index in [0.29, 0.717) is 13.1 Å². The Kier molecular flexibility index (Phi) is 9.00. The number of likely N-dealkylation sites (N-methyl/N-ethyl adjacent to an activating group) is 1. The van der Waals surface area contributed by atoms with E-state index in [4.69, 9.17) is 4.74 Å². The van der Waals surface area contributed by atoms with Gasteiger partial charge in [0.2, 0.25) is 5.91 Å². The Bertz CT molecular complexity index is 553. The number of halogens is 2. The lowest BCUT2D eigenvalue weighted by Crippen LogP contribution is -2.46. The highest BCUT2D eigenvalue weighted by atomic mass is 35.5. The number of nitrogens with one attached hydrogen (secondary N) is 1. The SMILES string of the molecule is CC1CN(C)c2ccccc2CN1C(=O)CNCC1CCCO1.Cl.Cl. The minimum atomic E-state index is 0. The quantitative estimate of drug-likeness (QED) is 0.858. The number of benzene rings is 1. The van der Waals surface area contributed by atoms with Crippen molar-refractivity contribution in [1.82, 2.24) is 10.2 Å². The molecule has 7 heteroatoms. The Hall–Kier alpha value is -1.01. The second kappa shape index (κ2) is 10.2. The number of rotatable bonds is 4. The summed E-state index contributed by atoms with van der Waals surface area (Å²) < 4.78 is 5.59. The van der Waals surface area contributed by atoms with Crippen molar-refractivity contribution in [2.75, 3.05) is 38.2 Å². The molecule has 0 bridgehead atoms. The fourth-order valence-corrected chi connectivity index (χ4v) is 3.53. The molecule has 0 radical (unpaired) electrons. The van der Waals surface area contributed by atoms with Gasteiger partial charge in [-0.05, 0) is 31.4 Å². The van der Waals surface area contributed by atoms with Crippen molar-refractivity contribution in [1.29, 1.82) is 0 Å². The van der Waals surface area contributed by atoms with Crippen LogP contribution >= 0.6 is 24.8 Å². The summed E-state index contributed by atoms with van der Waals surface area (Å²) in [6, 6.07) is 8.54. The zero-order valence-electron chi connectivity index (χ0n) is 14.9. The molecule has 2 unspecified atom stereocenters. The maximum atomic E-state index is 12.7. The lowest BCUT2D eigenvalue weighted by molar-refractivity contribution is -0.132. The van der Waals surface area contributed by atoms with Crippen LogP contribution in [0.2, 0.25) is 0 Å². The van der Waals surface area contributed by atoms with E-state index >= 15 is 0 Å². The van der Waals surface area contributed by atoms with Crippen LogP contribution in [0.25, 0.3) is 0 Å². The fourth-order valence-electron chi connectivity index (χ4n) is 3.53. The summed E-state index contributed by atoms with van der Waals surface area (Å²) in [7, 11) is 2.10. The van der Waals surface area contributed by atoms with Gasteiger partial charge in [0.1, 0.15) is 0 Å². The first-order valence-corrected chi connectivity index (χ1v) is 8.56. The van der Waals surface area contributed by atoms with Gasteiger partial charge in [0.15, 0.2) is 0 Å². The lowest BCUT2D eigenvalue weighted by Gasteiger charge is -2.29. The predicted octanol–water partition coefficient (Wildman–Crippen LogP) is 2.47. The Morgan fingerprint density at radius 2 is 2.08 bits per heavy atom. The van der Waals surface area contributed by atoms with Crippen LogP contribution < -0.4 is 10.2 Å². The maximum absolute atomic E-state index is 12.7. The number of amides is 1. The second-order valence-corrected chi connectivity index (χ2v) is 6.65. The minimum Gasteiger partial charge on any atom is -0.377 e. The molecule has 1 aromatic carbocycles. The highest BCUT2D eigenvalue weighted by molar-refractivity contribution is 5.85. The molecule has 1 amide bonds. The van der Waals surface area contributed by atoms with Crippen molar-refractivity contribution in [2.45, 2.75) is 38.5 Å². The van der Waals surface area contributed by atoms with Crippen molar-refractivity contribution < 1.29 is 9.53 Å². The number of carbonyl (C=O) groups excluding carboxylic acids is 1. The molecule has 0 saturated carbocycles. The molecule has 1 aromatic rings. The zero-order chi connectivity index (χ0) is 16.2. The van der Waals surface area contributed by atoms with Crippen LogP contribution in [0.4, 0.5) is 5.69 Å². The van der Waals surface area contributed by atoms with Crippen molar-refractivity contribution in [3.05, 3.63) is 29.8 Å². The van der Waals surface area contributed by atoms with Gasteiger partial charge in [0, 0.05) is 45.0 Å². The Morgan fingerprint density at radius 1 is 1.32 bits per heavy atom. The third kappa shape index (κ3) is 5.48. The molecule has 3 rings (SSSR count). The van der Waals surface area contributed by atoms with Gasteiger partial charge in [-0.3, -0.25) is 4.79 Å². The standard InChI is InChI=1S/C18H27N3O2.2ClH/c1-14-12-20(2)17-8-4-3-6-15(17)13-21(14)18(22)11-19-10-16-7-5-9-23-16;;/h3-4,6,8,14,16,19H,5,7,9-13H2,1-2H3;2*1H. The molecule has 142 valence electrons. The van der Waals surface area contributed by atoms with E-state index in [1.807, 2.05) is 11.0 Å². The fraction of sp³-hybridized carbons (Fsp3) is 0.611. The van der Waals surface area contributed by atoms with Gasteiger partial charge in [-0.2, -0.15) is 0 Å². The summed E-state index contributed by atoms with van der Waals surface area (Å²) in [6.45, 7) is 5.67. The first-order valence-electron chi connectivity index (χ1n) is 8.56. The topological polar surface area (TPSA) is 44.8 Å². The molecular formula is C18H29Cl2N3O2. The van der Waals surface area contributed by atoms with Crippen molar-refractivity contribution in [2.24, 2.45) is 0 Å². The van der Waals surface area contributed by atoms with E-state index in [-0.39, 0.29) is 42.9 Å². The summed E-state index contributed by atoms with van der Waals surface area (Å²) in [5.41, 5.74) is 2.44. The van der Waals surface area contributed by atoms with Crippen LogP contribution in [-0.4, -0.2) is 56.2 Å². The highest BCUT2D eigenvalue weighted by Crippen LogP contribution is 2.25. The molecule has 0 spiro atoms. The van der Waals surface area contributed by atoms with Gasteiger partial charge in [-0.15, -0.1) is 24.8 Å². The molecule has 2 aliphatic heterocycles. The van der Waals surface area contributed by atoms with Crippen molar-refractivity contribution in [3.8, 4) is 0 Å². The second-order valence-electron chi connectivity index (χ2n) is 6.65. The first kappa shape index (κ1) is 22.0. The Morgan fingerprint density at radius 3 is 2.80 bits per heavy atom. The number of para-hydroxylation sites is 1. The minimum absolute atomic E-state index is 0. The highest BCUT2D eigenvalue weighted by Gasteiger charge is 2.26. The summed E-state index contributed by atoms with van der Waals surface area (Å²) in [5, 5.41) is 3.27. The van der Waals surface area contributed by atoms with Crippen LogP contribution in [-0.2, 0) is 16.1 Å². The summed E-state index contributed by atoms with van der Waals surface area (Å²) in [4.78, 5) is 16.9. The molecule has 25 heavy (non-hydrogen) atoms. The summed E-state index contributed by atoms with van der Waals surface area (Å²) in [6.07, 6.45) is 2.50. The molecule has 1 N–H and O–H groups in total. The van der Waals surface area contributed by atoms with E-state index in [9.17, 15) is 4.79 Å². The van der Waals surface area contributed by atoms with Crippen molar-refractivity contribution >= 4 is 36.4 Å². The largest absolute Gasteiger partial charge is 0.377 e. The number of fused-ring (bicyclic) bond motifs is 1. The van der Waals surface area contributed by atoms with Crippen LogP contribution in [0.5, 0.6) is 0 Å². The number of hydrogen-bond acceptors (Lipinski definition) is 4. The van der Waals surface area contributed by atoms with Gasteiger partial charge in [-0.1, -0.05) is 18.2 Å². The number of hydrogen-bond donors (Lipinski definition) is 1.